The maximum Gasteiger partial charge on any atom is 0.197 e. The highest BCUT2D eigenvalue weighted by Crippen LogP contribution is 2.24. The summed E-state index contributed by atoms with van der Waals surface area (Å²) in [4.78, 5) is 14.1. The number of allylic oxidation sites excluding steroid dienone is 1. The molecule has 0 spiro atoms. The SMILES string of the molecule is CC#C/C=C\N(CC)c1ccc2nc(S(=O)Cc3nccc(OC)c3C)[nH]c2c1. The second-order valence-electron chi connectivity index (χ2n) is 6.31. The summed E-state index contributed by atoms with van der Waals surface area (Å²) in [5.41, 5.74) is 4.27. The number of hydrogen-bond donors (Lipinski definition) is 1. The highest BCUT2D eigenvalue weighted by atomic mass is 32.2. The van der Waals surface area contributed by atoms with Crippen LogP contribution in [0.5, 0.6) is 5.75 Å². The van der Waals surface area contributed by atoms with E-state index in [2.05, 4.69) is 38.6 Å². The number of fused-ring (bicyclic) bond motifs is 1. The average Bonchev–Trinajstić information content (AvgIpc) is 3.16. The molecular weight excluding hydrogens is 384 g/mol. The van der Waals surface area contributed by atoms with E-state index in [9.17, 15) is 4.21 Å². The van der Waals surface area contributed by atoms with Crippen molar-refractivity contribution in [2.24, 2.45) is 0 Å². The second-order valence-corrected chi connectivity index (χ2v) is 7.68. The molecule has 0 aliphatic rings. The van der Waals surface area contributed by atoms with Gasteiger partial charge < -0.3 is 14.6 Å². The molecule has 0 radical (unpaired) electrons. The molecule has 2 aromatic heterocycles. The molecule has 1 unspecified atom stereocenters. The fourth-order valence-electron chi connectivity index (χ4n) is 2.96. The molecule has 6 nitrogen and oxygen atoms in total. The Morgan fingerprint density at radius 2 is 2.17 bits per heavy atom. The number of anilines is 1. The van der Waals surface area contributed by atoms with Gasteiger partial charge in [-0.2, -0.15) is 0 Å². The molecule has 0 bridgehead atoms. The molecule has 0 saturated carbocycles. The van der Waals surface area contributed by atoms with Gasteiger partial charge in [-0.25, -0.2) is 4.98 Å². The Labute approximate surface area is 173 Å². The standard InChI is InChI=1S/C22H24N4O2S/c1-5-7-8-13-26(6-2)17-9-10-18-19(14-17)25-22(24-18)29(27)15-20-16(3)21(28-4)11-12-23-20/h8-14H,6,15H2,1-4H3,(H,24,25)/b13-8-. The van der Waals surface area contributed by atoms with E-state index in [1.165, 1.54) is 0 Å². The van der Waals surface area contributed by atoms with E-state index in [1.807, 2.05) is 44.3 Å². The number of aromatic amines is 1. The Morgan fingerprint density at radius 3 is 2.90 bits per heavy atom. The lowest BCUT2D eigenvalue weighted by molar-refractivity contribution is 0.410. The topological polar surface area (TPSA) is 71.1 Å². The van der Waals surface area contributed by atoms with Crippen molar-refractivity contribution < 1.29 is 8.95 Å². The lowest BCUT2D eigenvalue weighted by Crippen LogP contribution is -2.14. The third-order valence-electron chi connectivity index (χ3n) is 4.56. The quantitative estimate of drug-likeness (QED) is 0.600. The summed E-state index contributed by atoms with van der Waals surface area (Å²) in [6.07, 6.45) is 5.44. The molecule has 1 N–H and O–H groups in total. The highest BCUT2D eigenvalue weighted by Gasteiger charge is 2.15. The number of benzene rings is 1. The van der Waals surface area contributed by atoms with Gasteiger partial charge in [-0.05, 0) is 45.0 Å². The van der Waals surface area contributed by atoms with E-state index in [0.717, 1.165) is 40.3 Å². The molecule has 0 aliphatic carbocycles. The first-order valence-corrected chi connectivity index (χ1v) is 10.6. The predicted molar refractivity (Wildman–Crippen MR) is 117 cm³/mol. The zero-order chi connectivity index (χ0) is 20.8. The minimum Gasteiger partial charge on any atom is -0.496 e. The first-order chi connectivity index (χ1) is 14.1. The summed E-state index contributed by atoms with van der Waals surface area (Å²) in [5, 5.41) is 0.441. The number of H-pyrrole nitrogens is 1. The maximum absolute atomic E-state index is 12.9. The Bertz CT molecular complexity index is 1120. The number of imidazole rings is 1. The fourth-order valence-corrected chi connectivity index (χ4v) is 4.06. The lowest BCUT2D eigenvalue weighted by Gasteiger charge is -2.17. The van der Waals surface area contributed by atoms with Crippen molar-refractivity contribution in [1.82, 2.24) is 15.0 Å². The number of aromatic nitrogens is 3. The number of pyridine rings is 1. The van der Waals surface area contributed by atoms with Crippen LogP contribution in [0.4, 0.5) is 5.69 Å². The van der Waals surface area contributed by atoms with Crippen LogP contribution in [0.1, 0.15) is 25.1 Å². The first kappa shape index (κ1) is 20.6. The number of rotatable bonds is 7. The zero-order valence-corrected chi connectivity index (χ0v) is 17.8. The molecule has 7 heteroatoms. The Kier molecular flexibility index (Phi) is 6.68. The van der Waals surface area contributed by atoms with E-state index < -0.39 is 10.8 Å². The van der Waals surface area contributed by atoms with Crippen molar-refractivity contribution in [3.05, 3.63) is 54.0 Å². The molecule has 1 atom stereocenters. The molecule has 3 aromatic rings. The molecule has 0 amide bonds. The van der Waals surface area contributed by atoms with Crippen molar-refractivity contribution in [3.8, 4) is 17.6 Å². The van der Waals surface area contributed by atoms with E-state index in [-0.39, 0.29) is 5.75 Å². The fraction of sp³-hybridized carbons (Fsp3) is 0.273. The van der Waals surface area contributed by atoms with Gasteiger partial charge in [0.05, 0.1) is 40.4 Å². The van der Waals surface area contributed by atoms with Gasteiger partial charge in [-0.1, -0.05) is 5.92 Å². The van der Waals surface area contributed by atoms with Gasteiger partial charge in [0.2, 0.25) is 0 Å². The number of nitrogens with zero attached hydrogens (tertiary/aromatic N) is 3. The molecule has 2 heterocycles. The largest absolute Gasteiger partial charge is 0.496 e. The van der Waals surface area contributed by atoms with Crippen LogP contribution >= 0.6 is 0 Å². The number of ether oxygens (including phenoxy) is 1. The summed E-state index contributed by atoms with van der Waals surface area (Å²) in [6.45, 7) is 6.60. The lowest BCUT2D eigenvalue weighted by atomic mass is 10.2. The molecule has 0 fully saturated rings. The predicted octanol–water partition coefficient (Wildman–Crippen LogP) is 3.95. The smallest absolute Gasteiger partial charge is 0.197 e. The Morgan fingerprint density at radius 1 is 1.34 bits per heavy atom. The number of methoxy groups -OCH3 is 1. The van der Waals surface area contributed by atoms with Gasteiger partial charge in [-0.3, -0.25) is 9.19 Å². The van der Waals surface area contributed by atoms with Crippen molar-refractivity contribution in [1.29, 1.82) is 0 Å². The summed E-state index contributed by atoms with van der Waals surface area (Å²) in [6, 6.07) is 7.73. The monoisotopic (exact) mass is 408 g/mol. The van der Waals surface area contributed by atoms with Gasteiger partial charge in [0.1, 0.15) is 5.75 Å². The number of hydrogen-bond acceptors (Lipinski definition) is 5. The second kappa shape index (κ2) is 9.39. The van der Waals surface area contributed by atoms with Gasteiger partial charge in [0, 0.05) is 36.3 Å². The Balaban J connectivity index is 1.85. The summed E-state index contributed by atoms with van der Waals surface area (Å²) < 4.78 is 18.2. The Hall–Kier alpha value is -3.11. The van der Waals surface area contributed by atoms with E-state index in [1.54, 1.807) is 19.4 Å². The molecule has 3 rings (SSSR count). The van der Waals surface area contributed by atoms with Gasteiger partial charge >= 0.3 is 0 Å². The maximum atomic E-state index is 12.9. The zero-order valence-electron chi connectivity index (χ0n) is 17.0. The minimum absolute atomic E-state index is 0.273. The van der Waals surface area contributed by atoms with Crippen LogP contribution in [0.15, 0.2) is 47.9 Å². The molecule has 1 aromatic carbocycles. The van der Waals surface area contributed by atoms with Crippen molar-refractivity contribution in [2.45, 2.75) is 31.7 Å². The highest BCUT2D eigenvalue weighted by molar-refractivity contribution is 7.84. The van der Waals surface area contributed by atoms with Crippen LogP contribution in [0.25, 0.3) is 11.0 Å². The van der Waals surface area contributed by atoms with Gasteiger partial charge in [0.15, 0.2) is 5.16 Å². The van der Waals surface area contributed by atoms with Crippen LogP contribution in [0.3, 0.4) is 0 Å². The average molecular weight is 409 g/mol. The van der Waals surface area contributed by atoms with Crippen LogP contribution in [-0.4, -0.2) is 32.8 Å². The third-order valence-corrected chi connectivity index (χ3v) is 5.72. The molecule has 0 saturated heterocycles. The van der Waals surface area contributed by atoms with Crippen LogP contribution in [-0.2, 0) is 16.6 Å². The first-order valence-electron chi connectivity index (χ1n) is 9.29. The van der Waals surface area contributed by atoms with E-state index in [0.29, 0.717) is 5.16 Å². The van der Waals surface area contributed by atoms with Crippen molar-refractivity contribution in [2.75, 3.05) is 18.6 Å². The molecular formula is C22H24N4O2S. The molecule has 150 valence electrons. The third kappa shape index (κ3) is 4.66. The van der Waals surface area contributed by atoms with E-state index >= 15 is 0 Å². The van der Waals surface area contributed by atoms with E-state index in [4.69, 9.17) is 4.74 Å². The van der Waals surface area contributed by atoms with Crippen LogP contribution < -0.4 is 9.64 Å². The van der Waals surface area contributed by atoms with Crippen LogP contribution in [0, 0.1) is 18.8 Å². The number of nitrogens with one attached hydrogen (secondary N) is 1. The molecule has 0 aliphatic heterocycles. The van der Waals surface area contributed by atoms with Gasteiger partial charge in [-0.15, -0.1) is 5.92 Å². The minimum atomic E-state index is -1.34. The summed E-state index contributed by atoms with van der Waals surface area (Å²) in [7, 11) is 0.271. The molecule has 29 heavy (non-hydrogen) atoms. The van der Waals surface area contributed by atoms with Crippen molar-refractivity contribution >= 4 is 27.5 Å². The normalized spacial score (nSPS) is 12.0. The summed E-state index contributed by atoms with van der Waals surface area (Å²) in [5.74, 6) is 6.79. The van der Waals surface area contributed by atoms with Crippen LogP contribution in [0.2, 0.25) is 0 Å². The van der Waals surface area contributed by atoms with Gasteiger partial charge in [0.25, 0.3) is 0 Å². The summed E-state index contributed by atoms with van der Waals surface area (Å²) >= 11 is 0. The van der Waals surface area contributed by atoms with Crippen molar-refractivity contribution in [3.63, 3.8) is 0 Å².